The highest BCUT2D eigenvalue weighted by molar-refractivity contribution is 7.98. The van der Waals surface area contributed by atoms with E-state index in [1.807, 2.05) is 24.5 Å². The van der Waals surface area contributed by atoms with Crippen LogP contribution in [0.2, 0.25) is 0 Å². The second-order valence-corrected chi connectivity index (χ2v) is 10.5. The molecule has 4 unspecified atom stereocenters. The van der Waals surface area contributed by atoms with Crippen LogP contribution in [0.3, 0.4) is 0 Å². The number of aromatic nitrogens is 1. The third-order valence-corrected chi connectivity index (χ3v) is 6.92. The third kappa shape index (κ3) is 10.9. The van der Waals surface area contributed by atoms with Crippen molar-refractivity contribution in [2.75, 3.05) is 18.6 Å². The Balaban J connectivity index is 2.33. The number of rotatable bonds is 18. The van der Waals surface area contributed by atoms with Crippen molar-refractivity contribution in [1.82, 2.24) is 20.9 Å². The van der Waals surface area contributed by atoms with E-state index in [-0.39, 0.29) is 25.3 Å². The molecule has 4 atom stereocenters. The molecule has 0 aliphatic rings. The van der Waals surface area contributed by atoms with Crippen molar-refractivity contribution < 1.29 is 34.2 Å². The maximum atomic E-state index is 13.5. The van der Waals surface area contributed by atoms with Crippen LogP contribution in [0.25, 0.3) is 10.9 Å². The molecule has 3 amide bonds. The van der Waals surface area contributed by atoms with E-state index in [4.69, 9.17) is 22.3 Å². The number of nitrogens with one attached hydrogen (secondary N) is 4. The minimum atomic E-state index is -1.73. The topological polar surface area (TPSA) is 268 Å². The minimum Gasteiger partial charge on any atom is -0.481 e. The van der Waals surface area contributed by atoms with Gasteiger partial charge in [0.05, 0.1) is 12.5 Å². The average molecular weight is 607 g/mol. The molecule has 0 saturated heterocycles. The van der Waals surface area contributed by atoms with Crippen LogP contribution in [0.1, 0.15) is 31.2 Å². The van der Waals surface area contributed by atoms with Gasteiger partial charge in [0, 0.05) is 30.1 Å². The number of carbonyl (C=O) groups excluding carboxylic acids is 3. The number of H-pyrrole nitrogens is 1. The lowest BCUT2D eigenvalue weighted by Gasteiger charge is -2.25. The van der Waals surface area contributed by atoms with E-state index in [1.165, 1.54) is 11.8 Å². The Morgan fingerprint density at radius 2 is 1.60 bits per heavy atom. The number of aromatic amines is 1. The van der Waals surface area contributed by atoms with Crippen LogP contribution >= 0.6 is 11.8 Å². The van der Waals surface area contributed by atoms with Gasteiger partial charge in [0.15, 0.2) is 5.96 Å². The predicted molar refractivity (Wildman–Crippen MR) is 159 cm³/mol. The van der Waals surface area contributed by atoms with Gasteiger partial charge in [-0.15, -0.1) is 0 Å². The monoisotopic (exact) mass is 606 g/mol. The highest BCUT2D eigenvalue weighted by atomic mass is 32.2. The zero-order valence-corrected chi connectivity index (χ0v) is 24.0. The fraction of sp³-hybridized carbons (Fsp3) is 0.462. The van der Waals surface area contributed by atoms with Gasteiger partial charge in [0.25, 0.3) is 0 Å². The fourth-order valence-corrected chi connectivity index (χ4v) is 4.57. The maximum absolute atomic E-state index is 13.5. The van der Waals surface area contributed by atoms with Crippen molar-refractivity contribution in [1.29, 1.82) is 0 Å². The molecule has 0 bridgehead atoms. The summed E-state index contributed by atoms with van der Waals surface area (Å²) in [5, 5.41) is 26.7. The van der Waals surface area contributed by atoms with E-state index in [1.54, 1.807) is 12.3 Å². The number of benzene rings is 1. The maximum Gasteiger partial charge on any atom is 0.326 e. The molecule has 12 N–H and O–H groups in total. The number of fused-ring (bicyclic) bond motifs is 1. The molecule has 1 aromatic heterocycles. The zero-order chi connectivity index (χ0) is 31.2. The number of guanidine groups is 1. The molecule has 230 valence electrons. The zero-order valence-electron chi connectivity index (χ0n) is 23.2. The molecule has 0 fully saturated rings. The number of hydrogen-bond donors (Lipinski definition) is 9. The number of nitrogens with two attached hydrogens (primary N) is 3. The molecule has 1 aromatic carbocycles. The Kier molecular flexibility index (Phi) is 13.6. The molecule has 0 radical (unpaired) electrons. The van der Waals surface area contributed by atoms with Crippen molar-refractivity contribution in [2.45, 2.75) is 56.3 Å². The lowest BCUT2D eigenvalue weighted by molar-refractivity contribution is -0.147. The normalized spacial score (nSPS) is 13.8. The summed E-state index contributed by atoms with van der Waals surface area (Å²) in [7, 11) is 0. The smallest absolute Gasteiger partial charge is 0.326 e. The average Bonchev–Trinajstić information content (AvgIpc) is 3.34. The summed E-state index contributed by atoms with van der Waals surface area (Å²) in [5.41, 5.74) is 18.1. The van der Waals surface area contributed by atoms with Gasteiger partial charge in [-0.25, -0.2) is 4.79 Å². The SMILES string of the molecule is CSCCC(N)C(=O)NC(CCCN=C(N)N)C(=O)NC(Cc1c[nH]c2ccccc12)C(=O)NC(CC(=O)O)C(=O)O. The highest BCUT2D eigenvalue weighted by Gasteiger charge is 2.31. The third-order valence-electron chi connectivity index (χ3n) is 6.27. The van der Waals surface area contributed by atoms with Crippen molar-refractivity contribution in [3.05, 3.63) is 36.0 Å². The summed E-state index contributed by atoms with van der Waals surface area (Å²) in [4.78, 5) is 69.3. The molecular weight excluding hydrogens is 568 g/mol. The molecule has 2 aromatic rings. The quantitative estimate of drug-likeness (QED) is 0.0556. The molecule has 1 heterocycles. The van der Waals surface area contributed by atoms with Crippen LogP contribution < -0.4 is 33.2 Å². The second kappa shape index (κ2) is 16.8. The highest BCUT2D eigenvalue weighted by Crippen LogP contribution is 2.19. The van der Waals surface area contributed by atoms with E-state index in [0.29, 0.717) is 24.2 Å². The molecule has 2 rings (SSSR count). The van der Waals surface area contributed by atoms with Crippen molar-refractivity contribution in [3.63, 3.8) is 0 Å². The summed E-state index contributed by atoms with van der Waals surface area (Å²) >= 11 is 1.51. The summed E-state index contributed by atoms with van der Waals surface area (Å²) in [6.07, 6.45) is 3.37. The van der Waals surface area contributed by atoms with Gasteiger partial charge < -0.3 is 48.3 Å². The lowest BCUT2D eigenvalue weighted by Crippen LogP contribution is -2.57. The van der Waals surface area contributed by atoms with E-state index >= 15 is 0 Å². The number of nitrogens with zero attached hydrogens (tertiary/aromatic N) is 1. The molecule has 42 heavy (non-hydrogen) atoms. The second-order valence-electron chi connectivity index (χ2n) is 9.52. The van der Waals surface area contributed by atoms with E-state index in [9.17, 15) is 29.1 Å². The van der Waals surface area contributed by atoms with Crippen LogP contribution in [-0.2, 0) is 30.4 Å². The summed E-state index contributed by atoms with van der Waals surface area (Å²) < 4.78 is 0. The number of aliphatic carboxylic acids is 2. The Morgan fingerprint density at radius 3 is 2.24 bits per heavy atom. The number of aliphatic imine (C=N–C) groups is 1. The largest absolute Gasteiger partial charge is 0.481 e. The molecular formula is C26H38N8O7S. The van der Waals surface area contributed by atoms with Crippen molar-refractivity contribution >= 4 is 58.3 Å². The molecule has 0 aliphatic carbocycles. The van der Waals surface area contributed by atoms with Gasteiger partial charge in [-0.3, -0.25) is 24.2 Å². The van der Waals surface area contributed by atoms with Crippen LogP contribution in [0.15, 0.2) is 35.5 Å². The molecule has 16 heteroatoms. The van der Waals surface area contributed by atoms with E-state index in [0.717, 1.165) is 10.9 Å². The summed E-state index contributed by atoms with van der Waals surface area (Å²) in [5.74, 6) is -4.68. The Labute approximate surface area is 246 Å². The van der Waals surface area contributed by atoms with E-state index in [2.05, 4.69) is 25.9 Å². The van der Waals surface area contributed by atoms with Crippen molar-refractivity contribution in [2.24, 2.45) is 22.2 Å². The molecule has 15 nitrogen and oxygen atoms in total. The van der Waals surface area contributed by atoms with Gasteiger partial charge in [0.1, 0.15) is 18.1 Å². The van der Waals surface area contributed by atoms with Gasteiger partial charge in [0.2, 0.25) is 17.7 Å². The standard InChI is InChI=1S/C26H38N8O7S/c1-42-10-8-16(27)22(37)32-18(7-4-9-30-26(28)29)23(38)33-19(24(39)34-20(25(40)41)12-21(35)36)11-14-13-31-17-6-3-2-5-15(14)17/h2-3,5-6,13,16,18-20,31H,4,7-12,27H2,1H3,(H,32,37)(H,33,38)(H,34,39)(H,35,36)(H,40,41)(H4,28,29,30). The lowest BCUT2D eigenvalue weighted by atomic mass is 10.0. The predicted octanol–water partition coefficient (Wildman–Crippen LogP) is -1.14. The molecule has 0 saturated carbocycles. The van der Waals surface area contributed by atoms with Gasteiger partial charge in [-0.2, -0.15) is 11.8 Å². The van der Waals surface area contributed by atoms with Gasteiger partial charge in [-0.1, -0.05) is 18.2 Å². The Bertz CT molecular complexity index is 1280. The number of carbonyl (C=O) groups is 5. The first kappa shape index (κ1) is 33.9. The molecule has 0 aliphatic heterocycles. The first-order valence-electron chi connectivity index (χ1n) is 13.1. The molecule has 0 spiro atoms. The van der Waals surface area contributed by atoms with Crippen molar-refractivity contribution in [3.8, 4) is 0 Å². The van der Waals surface area contributed by atoms with Crippen LogP contribution in [0, 0.1) is 0 Å². The first-order chi connectivity index (χ1) is 19.9. The fourth-order valence-electron chi connectivity index (χ4n) is 4.08. The Hall–Kier alpha value is -4.31. The van der Waals surface area contributed by atoms with Crippen LogP contribution in [0.5, 0.6) is 0 Å². The minimum absolute atomic E-state index is 0.0666. The number of carboxylic acid groups (broad SMARTS) is 2. The van der Waals surface area contributed by atoms with Gasteiger partial charge >= 0.3 is 11.9 Å². The van der Waals surface area contributed by atoms with Crippen LogP contribution in [-0.4, -0.2) is 93.5 Å². The van der Waals surface area contributed by atoms with E-state index < -0.39 is 60.2 Å². The number of thioether (sulfide) groups is 1. The first-order valence-corrected chi connectivity index (χ1v) is 14.5. The number of carboxylic acids is 2. The van der Waals surface area contributed by atoms with Crippen LogP contribution in [0.4, 0.5) is 0 Å². The number of hydrogen-bond acceptors (Lipinski definition) is 8. The summed E-state index contributed by atoms with van der Waals surface area (Å²) in [6.45, 7) is 0.176. The number of amides is 3. The Morgan fingerprint density at radius 1 is 0.952 bits per heavy atom. The van der Waals surface area contributed by atoms with Gasteiger partial charge in [-0.05, 0) is 42.9 Å². The summed E-state index contributed by atoms with van der Waals surface area (Å²) in [6, 6.07) is 2.19. The number of para-hydroxylation sites is 1.